The van der Waals surface area contributed by atoms with E-state index >= 15 is 0 Å². The molecule has 0 saturated carbocycles. The fraction of sp³-hybridized carbons (Fsp3) is 0. The molecule has 0 aliphatic rings. The average molecular weight is 136 g/mol. The second-order valence-corrected chi connectivity index (χ2v) is 1.23. The summed E-state index contributed by atoms with van der Waals surface area (Å²) in [5.74, 6) is 0. The molecule has 0 aliphatic carbocycles. The molecule has 0 bridgehead atoms. The van der Waals surface area contributed by atoms with Crippen LogP contribution in [0.4, 0.5) is 9.59 Å². The third kappa shape index (κ3) is 5.09. The van der Waals surface area contributed by atoms with Crippen molar-refractivity contribution >= 4 is 24.0 Å². The fourth-order valence-corrected chi connectivity index (χ4v) is 0.140. The van der Waals surface area contributed by atoms with Gasteiger partial charge in [0, 0.05) is 0 Å². The predicted molar refractivity (Wildman–Crippen MR) is 28.2 cm³/mol. The first-order valence-corrected chi connectivity index (χ1v) is 2.03. The van der Waals surface area contributed by atoms with E-state index in [-0.39, 0.29) is 0 Å². The summed E-state index contributed by atoms with van der Waals surface area (Å²) >= 11 is 3.19. The quantitative estimate of drug-likeness (QED) is 0.314. The molecule has 0 radical (unpaired) electrons. The van der Waals surface area contributed by atoms with Gasteiger partial charge in [-0.25, -0.2) is 4.79 Å². The Kier molecular flexibility index (Phi) is 2.78. The maximum Gasteiger partial charge on any atom is 0.428 e. The number of thiol groups is 1. The molecule has 0 aromatic heterocycles. The highest BCUT2D eigenvalue weighted by Crippen LogP contribution is 1.74. The van der Waals surface area contributed by atoms with Gasteiger partial charge >= 0.3 is 11.3 Å². The van der Waals surface area contributed by atoms with E-state index in [1.54, 1.807) is 5.48 Å². The number of hydrogen-bond acceptors (Lipinski definition) is 3. The Labute approximate surface area is 50.5 Å². The zero-order valence-electron chi connectivity index (χ0n) is 3.75. The summed E-state index contributed by atoms with van der Waals surface area (Å²) in [6, 6.07) is 0. The smallest absolute Gasteiger partial charge is 0.333 e. The fourth-order valence-electron chi connectivity index (χ4n) is 0.0940. The van der Waals surface area contributed by atoms with Gasteiger partial charge in [0.1, 0.15) is 0 Å². The number of primary amides is 1. The lowest BCUT2D eigenvalue weighted by atomic mass is 11.3. The zero-order valence-corrected chi connectivity index (χ0v) is 4.64. The Morgan fingerprint density at radius 2 is 2.12 bits per heavy atom. The number of hydroxylamine groups is 1. The predicted octanol–water partition coefficient (Wildman–Crippen LogP) is -0.364. The van der Waals surface area contributed by atoms with Crippen LogP contribution in [0.3, 0.4) is 0 Å². The maximum atomic E-state index is 9.77. The highest BCUT2D eigenvalue weighted by Gasteiger charge is 1.93. The Bertz CT molecular complexity index is 99.9. The maximum absolute atomic E-state index is 9.77. The van der Waals surface area contributed by atoms with Gasteiger partial charge in [0.05, 0.1) is 0 Å². The lowest BCUT2D eigenvalue weighted by molar-refractivity contribution is 0.117. The minimum absolute atomic E-state index is 0.774. The molecule has 0 heterocycles. The minimum atomic E-state index is -1.08. The molecule has 0 aliphatic heterocycles. The third-order valence-electron chi connectivity index (χ3n) is 0.239. The molecule has 6 heteroatoms. The molecule has 0 rings (SSSR count). The summed E-state index contributed by atoms with van der Waals surface area (Å²) in [6.45, 7) is 0. The first-order valence-electron chi connectivity index (χ1n) is 1.58. The highest BCUT2D eigenvalue weighted by molar-refractivity contribution is 7.96. The van der Waals surface area contributed by atoms with Crippen molar-refractivity contribution in [2.75, 3.05) is 0 Å². The standard InChI is InChI=1S/C2H4N2O3S/c3-1(5)7-4-2(6)8/h(H2,3,5)(H2,4,6,8). The largest absolute Gasteiger partial charge is 0.428 e. The molecule has 5 nitrogen and oxygen atoms in total. The Morgan fingerprint density at radius 3 is 2.25 bits per heavy atom. The first kappa shape index (κ1) is 7.09. The van der Waals surface area contributed by atoms with Gasteiger partial charge in [-0.1, -0.05) is 12.6 Å². The van der Waals surface area contributed by atoms with Crippen LogP contribution < -0.4 is 11.2 Å². The van der Waals surface area contributed by atoms with Gasteiger partial charge in [0.25, 0.3) is 0 Å². The SMILES string of the molecule is NC(=O)ONC(=O)S. The van der Waals surface area contributed by atoms with Gasteiger partial charge in [-0.2, -0.15) is 5.48 Å². The van der Waals surface area contributed by atoms with Gasteiger partial charge < -0.3 is 10.6 Å². The van der Waals surface area contributed by atoms with Crippen LogP contribution in [0.1, 0.15) is 0 Å². The van der Waals surface area contributed by atoms with E-state index in [0.29, 0.717) is 0 Å². The van der Waals surface area contributed by atoms with Crippen molar-refractivity contribution in [3.63, 3.8) is 0 Å². The molecule has 0 saturated heterocycles. The van der Waals surface area contributed by atoms with Crippen LogP contribution in [0.5, 0.6) is 0 Å². The number of rotatable bonds is 0. The zero-order chi connectivity index (χ0) is 6.57. The lowest BCUT2D eigenvalue weighted by Crippen LogP contribution is -2.25. The molecular formula is C2H4N2O3S. The third-order valence-corrected chi connectivity index (χ3v) is 0.330. The molecular weight excluding hydrogens is 132 g/mol. The second kappa shape index (κ2) is 3.14. The van der Waals surface area contributed by atoms with Crippen molar-refractivity contribution in [2.45, 2.75) is 0 Å². The molecule has 0 aromatic rings. The van der Waals surface area contributed by atoms with Crippen molar-refractivity contribution in [3.8, 4) is 0 Å². The number of carbonyl (C=O) groups excluding carboxylic acids is 2. The molecule has 3 N–H and O–H groups in total. The summed E-state index contributed by atoms with van der Waals surface area (Å²) in [4.78, 5) is 23.2. The van der Waals surface area contributed by atoms with Gasteiger partial charge in [-0.15, -0.1) is 0 Å². The van der Waals surface area contributed by atoms with Crippen molar-refractivity contribution in [1.82, 2.24) is 5.48 Å². The van der Waals surface area contributed by atoms with Crippen LogP contribution in [-0.4, -0.2) is 11.3 Å². The van der Waals surface area contributed by atoms with E-state index in [9.17, 15) is 9.59 Å². The summed E-state index contributed by atoms with van der Waals surface area (Å²) in [6.07, 6.45) is -1.08. The monoisotopic (exact) mass is 136 g/mol. The Balaban J connectivity index is 3.18. The van der Waals surface area contributed by atoms with E-state index in [1.165, 1.54) is 0 Å². The van der Waals surface area contributed by atoms with Crippen molar-refractivity contribution < 1.29 is 14.4 Å². The van der Waals surface area contributed by atoms with Gasteiger partial charge in [-0.05, 0) is 0 Å². The van der Waals surface area contributed by atoms with Crippen molar-refractivity contribution in [3.05, 3.63) is 0 Å². The van der Waals surface area contributed by atoms with Crippen LogP contribution in [0.15, 0.2) is 0 Å². The van der Waals surface area contributed by atoms with E-state index < -0.39 is 11.3 Å². The van der Waals surface area contributed by atoms with E-state index in [4.69, 9.17) is 0 Å². The van der Waals surface area contributed by atoms with Crippen LogP contribution in [-0.2, 0) is 4.84 Å². The van der Waals surface area contributed by atoms with E-state index in [0.717, 1.165) is 0 Å². The normalized spacial score (nSPS) is 7.62. The molecule has 0 unspecified atom stereocenters. The van der Waals surface area contributed by atoms with Crippen LogP contribution >= 0.6 is 12.6 Å². The number of nitrogens with one attached hydrogen (secondary N) is 1. The van der Waals surface area contributed by atoms with Crippen LogP contribution in [0.2, 0.25) is 0 Å². The molecule has 0 atom stereocenters. The molecule has 2 amide bonds. The molecule has 0 fully saturated rings. The first-order chi connectivity index (χ1) is 3.63. The number of amides is 2. The number of hydrogen-bond donors (Lipinski definition) is 3. The highest BCUT2D eigenvalue weighted by atomic mass is 32.1. The molecule has 46 valence electrons. The van der Waals surface area contributed by atoms with Crippen molar-refractivity contribution in [2.24, 2.45) is 5.73 Å². The Hall–Kier alpha value is -0.910. The van der Waals surface area contributed by atoms with E-state index in [1.807, 2.05) is 0 Å². The summed E-state index contributed by atoms with van der Waals surface area (Å²) in [5, 5.41) is -0.774. The van der Waals surface area contributed by atoms with Crippen molar-refractivity contribution in [1.29, 1.82) is 0 Å². The second-order valence-electron chi connectivity index (χ2n) is 0.828. The Morgan fingerprint density at radius 1 is 1.62 bits per heavy atom. The minimum Gasteiger partial charge on any atom is -0.333 e. The van der Waals surface area contributed by atoms with Crippen LogP contribution in [0.25, 0.3) is 0 Å². The number of nitrogens with two attached hydrogens (primary N) is 1. The van der Waals surface area contributed by atoms with E-state index in [2.05, 4.69) is 23.2 Å². The molecule has 0 spiro atoms. The summed E-state index contributed by atoms with van der Waals surface area (Å²) in [5.41, 5.74) is 6.03. The number of carbonyl (C=O) groups is 2. The average Bonchev–Trinajstić information content (AvgIpc) is 1.61. The van der Waals surface area contributed by atoms with Crippen LogP contribution in [0, 0.1) is 0 Å². The van der Waals surface area contributed by atoms with Gasteiger partial charge in [-0.3, -0.25) is 4.79 Å². The lowest BCUT2D eigenvalue weighted by Gasteiger charge is -1.94. The summed E-state index contributed by atoms with van der Waals surface area (Å²) in [7, 11) is 0. The molecule has 8 heavy (non-hydrogen) atoms. The molecule has 0 aromatic carbocycles. The van der Waals surface area contributed by atoms with Gasteiger partial charge in [0.15, 0.2) is 0 Å². The van der Waals surface area contributed by atoms with Gasteiger partial charge in [0.2, 0.25) is 0 Å². The summed E-state index contributed by atoms with van der Waals surface area (Å²) < 4.78 is 0. The topological polar surface area (TPSA) is 81.4 Å².